The second-order valence-corrected chi connectivity index (χ2v) is 6.65. The molecule has 0 saturated carbocycles. The molecule has 1 aliphatic rings. The minimum atomic E-state index is -0.205. The second kappa shape index (κ2) is 5.65. The van der Waals surface area contributed by atoms with Crippen LogP contribution < -0.4 is 15.4 Å². The van der Waals surface area contributed by atoms with Crippen LogP contribution in [-0.2, 0) is 13.1 Å². The number of ether oxygens (including phenoxy) is 1. The highest BCUT2D eigenvalue weighted by atomic mass is 16.5. The van der Waals surface area contributed by atoms with Gasteiger partial charge in [0.2, 0.25) is 0 Å². The van der Waals surface area contributed by atoms with Crippen molar-refractivity contribution in [1.82, 2.24) is 0 Å². The summed E-state index contributed by atoms with van der Waals surface area (Å²) in [5, 5.41) is 0. The molecule has 2 aromatic rings. The number of hydrogen-bond donors (Lipinski definition) is 1. The lowest BCUT2D eigenvalue weighted by Crippen LogP contribution is -2.46. The van der Waals surface area contributed by atoms with Crippen molar-refractivity contribution < 1.29 is 4.74 Å². The molecule has 0 saturated heterocycles. The average molecular weight is 296 g/mol. The first-order valence-electron chi connectivity index (χ1n) is 7.80. The quantitative estimate of drug-likeness (QED) is 0.940. The summed E-state index contributed by atoms with van der Waals surface area (Å²) in [6.45, 7) is 8.74. The van der Waals surface area contributed by atoms with Gasteiger partial charge in [-0.25, -0.2) is 0 Å². The zero-order valence-electron chi connectivity index (χ0n) is 13.6. The first kappa shape index (κ1) is 14.9. The minimum absolute atomic E-state index is 0.205. The van der Waals surface area contributed by atoms with Gasteiger partial charge in [0.1, 0.15) is 11.4 Å². The van der Waals surface area contributed by atoms with Crippen LogP contribution in [0.1, 0.15) is 30.5 Å². The molecule has 0 radical (unpaired) electrons. The fourth-order valence-electron chi connectivity index (χ4n) is 3.04. The summed E-state index contributed by atoms with van der Waals surface area (Å²) in [5.74, 6) is 0.938. The Hall–Kier alpha value is -2.00. The van der Waals surface area contributed by atoms with Crippen molar-refractivity contribution in [1.29, 1.82) is 0 Å². The SMILES string of the molecule is Cc1ccccc1CN1CC(C)(C)Oc2cc(CN)ccc21. The fraction of sp³-hybridized carbons (Fsp3) is 0.368. The van der Waals surface area contributed by atoms with E-state index in [1.165, 1.54) is 11.1 Å². The first-order valence-corrected chi connectivity index (χ1v) is 7.80. The largest absolute Gasteiger partial charge is 0.484 e. The maximum atomic E-state index is 6.16. The van der Waals surface area contributed by atoms with Gasteiger partial charge in [0.05, 0.1) is 12.2 Å². The minimum Gasteiger partial charge on any atom is -0.484 e. The zero-order valence-corrected chi connectivity index (χ0v) is 13.6. The van der Waals surface area contributed by atoms with Crippen molar-refractivity contribution in [3.05, 3.63) is 59.2 Å². The molecule has 3 rings (SSSR count). The monoisotopic (exact) mass is 296 g/mol. The molecule has 0 atom stereocenters. The van der Waals surface area contributed by atoms with Gasteiger partial charge in [0.15, 0.2) is 0 Å². The molecule has 1 heterocycles. The normalized spacial score (nSPS) is 16.1. The molecule has 1 aliphatic heterocycles. The fourth-order valence-corrected chi connectivity index (χ4v) is 3.04. The van der Waals surface area contributed by atoms with Gasteiger partial charge in [-0.15, -0.1) is 0 Å². The van der Waals surface area contributed by atoms with Gasteiger partial charge in [-0.3, -0.25) is 0 Å². The van der Waals surface area contributed by atoms with Gasteiger partial charge in [-0.1, -0.05) is 30.3 Å². The highest BCUT2D eigenvalue weighted by Gasteiger charge is 2.31. The molecule has 3 heteroatoms. The van der Waals surface area contributed by atoms with Gasteiger partial charge in [-0.05, 0) is 49.6 Å². The molecule has 0 aromatic heterocycles. The summed E-state index contributed by atoms with van der Waals surface area (Å²) < 4.78 is 6.16. The Labute approximate surface area is 132 Å². The van der Waals surface area contributed by atoms with Crippen LogP contribution in [0.2, 0.25) is 0 Å². The smallest absolute Gasteiger partial charge is 0.143 e. The predicted octanol–water partition coefficient (Wildman–Crippen LogP) is 3.63. The van der Waals surface area contributed by atoms with E-state index in [-0.39, 0.29) is 5.60 Å². The Balaban J connectivity index is 1.97. The molecule has 0 fully saturated rings. The van der Waals surface area contributed by atoms with Crippen LogP contribution in [0.15, 0.2) is 42.5 Å². The zero-order chi connectivity index (χ0) is 15.7. The topological polar surface area (TPSA) is 38.5 Å². The van der Waals surface area contributed by atoms with Crippen molar-refractivity contribution in [3.8, 4) is 5.75 Å². The lowest BCUT2D eigenvalue weighted by molar-refractivity contribution is 0.104. The Morgan fingerprint density at radius 2 is 1.95 bits per heavy atom. The summed E-state index contributed by atoms with van der Waals surface area (Å²) in [6, 6.07) is 14.8. The van der Waals surface area contributed by atoms with E-state index in [1.54, 1.807) is 0 Å². The number of hydrogen-bond acceptors (Lipinski definition) is 3. The number of nitrogens with two attached hydrogens (primary N) is 1. The van der Waals surface area contributed by atoms with Crippen LogP contribution >= 0.6 is 0 Å². The Bertz CT molecular complexity index is 679. The van der Waals surface area contributed by atoms with Crippen LogP contribution in [0.25, 0.3) is 0 Å². The van der Waals surface area contributed by atoms with Crippen LogP contribution in [-0.4, -0.2) is 12.1 Å². The van der Waals surface area contributed by atoms with Crippen molar-refractivity contribution in [2.45, 2.75) is 39.5 Å². The lowest BCUT2D eigenvalue weighted by Gasteiger charge is -2.41. The molecular formula is C19H24N2O. The molecule has 22 heavy (non-hydrogen) atoms. The molecule has 2 N–H and O–H groups in total. The van der Waals surface area contributed by atoms with E-state index in [0.717, 1.165) is 30.1 Å². The van der Waals surface area contributed by atoms with E-state index in [1.807, 2.05) is 0 Å². The number of nitrogens with zero attached hydrogens (tertiary/aromatic N) is 1. The van der Waals surface area contributed by atoms with Gasteiger partial charge in [0.25, 0.3) is 0 Å². The van der Waals surface area contributed by atoms with Gasteiger partial charge in [0, 0.05) is 13.1 Å². The molecule has 0 aliphatic carbocycles. The highest BCUT2D eigenvalue weighted by molar-refractivity contribution is 5.62. The summed E-state index contributed by atoms with van der Waals surface area (Å²) >= 11 is 0. The molecule has 2 aromatic carbocycles. The maximum Gasteiger partial charge on any atom is 0.143 e. The lowest BCUT2D eigenvalue weighted by atomic mass is 10.0. The van der Waals surface area contributed by atoms with Crippen molar-refractivity contribution >= 4 is 5.69 Å². The van der Waals surface area contributed by atoms with Crippen LogP contribution in [0, 0.1) is 6.92 Å². The molecule has 0 spiro atoms. The molecule has 116 valence electrons. The predicted molar refractivity (Wildman–Crippen MR) is 91.3 cm³/mol. The molecular weight excluding hydrogens is 272 g/mol. The Kier molecular flexibility index (Phi) is 3.83. The second-order valence-electron chi connectivity index (χ2n) is 6.65. The average Bonchev–Trinajstić information content (AvgIpc) is 2.47. The van der Waals surface area contributed by atoms with Crippen molar-refractivity contribution in [2.24, 2.45) is 5.73 Å². The molecule has 0 unspecified atom stereocenters. The Morgan fingerprint density at radius 1 is 1.18 bits per heavy atom. The standard InChI is InChI=1S/C19H24N2O/c1-14-6-4-5-7-16(14)12-21-13-19(2,3)22-18-10-15(11-20)8-9-17(18)21/h4-10H,11-13,20H2,1-3H3. The Morgan fingerprint density at radius 3 is 2.68 bits per heavy atom. The van der Waals surface area contributed by atoms with Crippen LogP contribution in [0.3, 0.4) is 0 Å². The van der Waals surface area contributed by atoms with E-state index in [2.05, 4.69) is 68.1 Å². The van der Waals surface area contributed by atoms with E-state index in [0.29, 0.717) is 6.54 Å². The number of rotatable bonds is 3. The van der Waals surface area contributed by atoms with Gasteiger partial charge in [-0.2, -0.15) is 0 Å². The summed E-state index contributed by atoms with van der Waals surface area (Å²) in [5.41, 5.74) is 10.5. The number of aryl methyl sites for hydroxylation is 1. The van der Waals surface area contributed by atoms with Gasteiger partial charge >= 0.3 is 0 Å². The summed E-state index contributed by atoms with van der Waals surface area (Å²) in [7, 11) is 0. The third-order valence-electron chi connectivity index (χ3n) is 4.18. The highest BCUT2D eigenvalue weighted by Crippen LogP contribution is 2.38. The van der Waals surface area contributed by atoms with E-state index >= 15 is 0 Å². The van der Waals surface area contributed by atoms with Crippen LogP contribution in [0.4, 0.5) is 5.69 Å². The van der Waals surface area contributed by atoms with Gasteiger partial charge < -0.3 is 15.4 Å². The van der Waals surface area contributed by atoms with E-state index in [4.69, 9.17) is 10.5 Å². The van der Waals surface area contributed by atoms with Crippen LogP contribution in [0.5, 0.6) is 5.75 Å². The number of anilines is 1. The maximum absolute atomic E-state index is 6.16. The number of fused-ring (bicyclic) bond motifs is 1. The molecule has 3 nitrogen and oxygen atoms in total. The first-order chi connectivity index (χ1) is 10.5. The number of benzene rings is 2. The van der Waals surface area contributed by atoms with Crippen molar-refractivity contribution in [3.63, 3.8) is 0 Å². The third-order valence-corrected chi connectivity index (χ3v) is 4.18. The summed E-state index contributed by atoms with van der Waals surface area (Å²) in [4.78, 5) is 2.40. The molecule has 0 bridgehead atoms. The van der Waals surface area contributed by atoms with E-state index < -0.39 is 0 Å². The third kappa shape index (κ3) is 2.95. The van der Waals surface area contributed by atoms with Crippen molar-refractivity contribution in [2.75, 3.05) is 11.4 Å². The summed E-state index contributed by atoms with van der Waals surface area (Å²) in [6.07, 6.45) is 0. The van der Waals surface area contributed by atoms with E-state index in [9.17, 15) is 0 Å². The molecule has 0 amide bonds.